The van der Waals surface area contributed by atoms with Crippen LogP contribution in [0, 0.1) is 13.8 Å². The molecule has 0 radical (unpaired) electrons. The second kappa shape index (κ2) is 6.84. The summed E-state index contributed by atoms with van der Waals surface area (Å²) in [4.78, 5) is 22.9. The zero-order valence-electron chi connectivity index (χ0n) is 13.9. The Hall–Kier alpha value is -2.67. The highest BCUT2D eigenvalue weighted by Crippen LogP contribution is 2.18. The molecule has 2 aromatic rings. The minimum Gasteiger partial charge on any atom is -0.479 e. The van der Waals surface area contributed by atoms with E-state index < -0.39 is 11.6 Å². The molecule has 0 aliphatic rings. The average molecular weight is 331 g/mol. The summed E-state index contributed by atoms with van der Waals surface area (Å²) in [6.45, 7) is 4.48. The molecule has 0 bridgehead atoms. The predicted octanol–water partition coefficient (Wildman–Crippen LogP) is 0.983. The molecule has 2 rings (SSSR count). The van der Waals surface area contributed by atoms with Crippen molar-refractivity contribution in [1.82, 2.24) is 15.1 Å². The quantitative estimate of drug-likeness (QED) is 0.732. The van der Waals surface area contributed by atoms with Crippen molar-refractivity contribution in [2.45, 2.75) is 32.8 Å². The lowest BCUT2D eigenvalue weighted by atomic mass is 10.1. The lowest BCUT2D eigenvalue weighted by Gasteiger charge is -2.18. The SMILES string of the molecule is Cc1nn(-c2ccccc2)c(C)c1CC(=O)NCC(C)(O)C(=O)O. The molecule has 1 amide bonds. The number of carbonyl (C=O) groups is 2. The van der Waals surface area contributed by atoms with E-state index >= 15 is 0 Å². The Morgan fingerprint density at radius 1 is 1.25 bits per heavy atom. The minimum absolute atomic E-state index is 0.0696. The molecule has 1 aromatic carbocycles. The topological polar surface area (TPSA) is 104 Å². The number of para-hydroxylation sites is 1. The van der Waals surface area contributed by atoms with Gasteiger partial charge in [0.1, 0.15) is 0 Å². The van der Waals surface area contributed by atoms with Crippen molar-refractivity contribution in [2.75, 3.05) is 6.54 Å². The zero-order chi connectivity index (χ0) is 17.9. The Balaban J connectivity index is 2.12. The summed E-state index contributed by atoms with van der Waals surface area (Å²) in [5.74, 6) is -1.75. The highest BCUT2D eigenvalue weighted by atomic mass is 16.4. The molecule has 128 valence electrons. The second-order valence-electron chi connectivity index (χ2n) is 5.93. The van der Waals surface area contributed by atoms with Crippen LogP contribution in [0.5, 0.6) is 0 Å². The van der Waals surface area contributed by atoms with E-state index in [1.807, 2.05) is 44.2 Å². The van der Waals surface area contributed by atoms with Crippen LogP contribution in [0.15, 0.2) is 30.3 Å². The van der Waals surface area contributed by atoms with Crippen LogP contribution in [-0.2, 0) is 16.0 Å². The van der Waals surface area contributed by atoms with Gasteiger partial charge in [0, 0.05) is 11.3 Å². The smallest absolute Gasteiger partial charge is 0.337 e. The van der Waals surface area contributed by atoms with Gasteiger partial charge in [-0.15, -0.1) is 0 Å². The summed E-state index contributed by atoms with van der Waals surface area (Å²) < 4.78 is 1.77. The molecule has 1 heterocycles. The van der Waals surface area contributed by atoms with E-state index in [1.165, 1.54) is 0 Å². The molecule has 7 nitrogen and oxygen atoms in total. The van der Waals surface area contributed by atoms with Gasteiger partial charge in [-0.2, -0.15) is 5.10 Å². The number of aliphatic carboxylic acids is 1. The Morgan fingerprint density at radius 3 is 2.46 bits per heavy atom. The maximum atomic E-state index is 12.1. The second-order valence-corrected chi connectivity index (χ2v) is 5.93. The molecule has 0 saturated carbocycles. The summed E-state index contributed by atoms with van der Waals surface area (Å²) in [5.41, 5.74) is 1.27. The number of carboxylic acids is 1. The molecule has 0 aliphatic heterocycles. The largest absolute Gasteiger partial charge is 0.479 e. The number of aromatic nitrogens is 2. The normalized spacial score (nSPS) is 13.3. The number of carbonyl (C=O) groups excluding carboxylic acids is 1. The van der Waals surface area contributed by atoms with Crippen molar-refractivity contribution in [2.24, 2.45) is 0 Å². The number of rotatable bonds is 6. The molecule has 1 unspecified atom stereocenters. The number of nitrogens with zero attached hydrogens (tertiary/aromatic N) is 2. The van der Waals surface area contributed by atoms with Crippen LogP contribution in [0.25, 0.3) is 5.69 Å². The van der Waals surface area contributed by atoms with Crippen LogP contribution in [0.1, 0.15) is 23.9 Å². The standard InChI is InChI=1S/C17H21N3O4/c1-11-14(9-15(21)18-10-17(3,24)16(22)23)12(2)20(19-11)13-7-5-4-6-8-13/h4-8,24H,9-10H2,1-3H3,(H,18,21)(H,22,23). The minimum atomic E-state index is -1.99. The number of hydrogen-bond acceptors (Lipinski definition) is 4. The fourth-order valence-corrected chi connectivity index (χ4v) is 2.32. The molecule has 7 heteroatoms. The highest BCUT2D eigenvalue weighted by Gasteiger charge is 2.30. The number of hydrogen-bond donors (Lipinski definition) is 3. The van der Waals surface area contributed by atoms with Gasteiger partial charge in [0.05, 0.1) is 24.3 Å². The number of amides is 1. The first-order valence-electron chi connectivity index (χ1n) is 7.55. The third kappa shape index (κ3) is 3.80. The summed E-state index contributed by atoms with van der Waals surface area (Å²) >= 11 is 0. The van der Waals surface area contributed by atoms with Gasteiger partial charge >= 0.3 is 5.97 Å². The Bertz CT molecular complexity index is 751. The molecular formula is C17H21N3O4. The first kappa shape index (κ1) is 17.7. The van der Waals surface area contributed by atoms with Crippen molar-refractivity contribution < 1.29 is 19.8 Å². The van der Waals surface area contributed by atoms with Gasteiger partial charge in [-0.05, 0) is 32.9 Å². The van der Waals surface area contributed by atoms with Gasteiger partial charge < -0.3 is 15.5 Å². The highest BCUT2D eigenvalue weighted by molar-refractivity contribution is 5.81. The molecule has 3 N–H and O–H groups in total. The van der Waals surface area contributed by atoms with Crippen LogP contribution in [0.3, 0.4) is 0 Å². The molecule has 0 spiro atoms. The molecule has 1 aromatic heterocycles. The van der Waals surface area contributed by atoms with Crippen molar-refractivity contribution in [3.63, 3.8) is 0 Å². The Kier molecular flexibility index (Phi) is 5.04. The monoisotopic (exact) mass is 331 g/mol. The van der Waals surface area contributed by atoms with Crippen LogP contribution >= 0.6 is 0 Å². The van der Waals surface area contributed by atoms with E-state index in [0.717, 1.165) is 29.6 Å². The predicted molar refractivity (Wildman–Crippen MR) is 88.0 cm³/mol. The summed E-state index contributed by atoms with van der Waals surface area (Å²) in [6, 6.07) is 9.58. The van der Waals surface area contributed by atoms with Gasteiger partial charge in [0.15, 0.2) is 5.60 Å². The maximum absolute atomic E-state index is 12.1. The number of nitrogens with one attached hydrogen (secondary N) is 1. The summed E-state index contributed by atoms with van der Waals surface area (Å²) in [5, 5.41) is 25.4. The Morgan fingerprint density at radius 2 is 1.88 bits per heavy atom. The van der Waals surface area contributed by atoms with E-state index in [4.69, 9.17) is 5.11 Å². The van der Waals surface area contributed by atoms with E-state index in [0.29, 0.717) is 0 Å². The molecule has 0 aliphatic carbocycles. The Labute approximate surface area is 139 Å². The van der Waals surface area contributed by atoms with E-state index in [9.17, 15) is 14.7 Å². The van der Waals surface area contributed by atoms with Gasteiger partial charge in [-0.3, -0.25) is 4.79 Å². The van der Waals surface area contributed by atoms with E-state index in [1.54, 1.807) is 4.68 Å². The number of carboxylic acid groups (broad SMARTS) is 1. The molecule has 24 heavy (non-hydrogen) atoms. The number of aryl methyl sites for hydroxylation is 1. The number of aliphatic hydroxyl groups is 1. The molecule has 0 saturated heterocycles. The van der Waals surface area contributed by atoms with Crippen molar-refractivity contribution in [3.05, 3.63) is 47.3 Å². The van der Waals surface area contributed by atoms with Crippen LogP contribution in [0.4, 0.5) is 0 Å². The van der Waals surface area contributed by atoms with Crippen LogP contribution in [0.2, 0.25) is 0 Å². The first-order valence-corrected chi connectivity index (χ1v) is 7.55. The van der Waals surface area contributed by atoms with Gasteiger partial charge in [0.25, 0.3) is 0 Å². The zero-order valence-corrected chi connectivity index (χ0v) is 13.9. The third-order valence-corrected chi connectivity index (χ3v) is 3.87. The lowest BCUT2D eigenvalue weighted by Crippen LogP contribution is -2.46. The summed E-state index contributed by atoms with van der Waals surface area (Å²) in [7, 11) is 0. The molecular weight excluding hydrogens is 310 g/mol. The van der Waals surface area contributed by atoms with Gasteiger partial charge in [-0.25, -0.2) is 9.48 Å². The maximum Gasteiger partial charge on any atom is 0.337 e. The lowest BCUT2D eigenvalue weighted by molar-refractivity contribution is -0.156. The van der Waals surface area contributed by atoms with Crippen molar-refractivity contribution >= 4 is 11.9 Å². The molecule has 1 atom stereocenters. The molecule has 0 fully saturated rings. The average Bonchev–Trinajstić information content (AvgIpc) is 2.82. The van der Waals surface area contributed by atoms with Crippen molar-refractivity contribution in [3.8, 4) is 5.69 Å². The fraction of sp³-hybridized carbons (Fsp3) is 0.353. The van der Waals surface area contributed by atoms with E-state index in [2.05, 4.69) is 10.4 Å². The van der Waals surface area contributed by atoms with Crippen LogP contribution in [-0.4, -0.2) is 44.0 Å². The number of benzene rings is 1. The van der Waals surface area contributed by atoms with Crippen molar-refractivity contribution in [1.29, 1.82) is 0 Å². The van der Waals surface area contributed by atoms with Crippen LogP contribution < -0.4 is 5.32 Å². The van der Waals surface area contributed by atoms with E-state index in [-0.39, 0.29) is 18.9 Å². The third-order valence-electron chi connectivity index (χ3n) is 3.87. The first-order chi connectivity index (χ1) is 11.2. The summed E-state index contributed by atoms with van der Waals surface area (Å²) in [6.07, 6.45) is 0.0696. The van der Waals surface area contributed by atoms with Gasteiger partial charge in [0.2, 0.25) is 5.91 Å². The van der Waals surface area contributed by atoms with Gasteiger partial charge in [-0.1, -0.05) is 18.2 Å². The fourth-order valence-electron chi connectivity index (χ4n) is 2.32.